The van der Waals surface area contributed by atoms with Crippen LogP contribution in [0.1, 0.15) is 34.7 Å². The van der Waals surface area contributed by atoms with Crippen molar-refractivity contribution in [3.63, 3.8) is 0 Å². The zero-order chi connectivity index (χ0) is 23.2. The molecule has 1 saturated heterocycles. The van der Waals surface area contributed by atoms with Crippen LogP contribution in [-0.4, -0.2) is 68.1 Å². The van der Waals surface area contributed by atoms with Crippen molar-refractivity contribution in [3.05, 3.63) is 59.7 Å². The molecule has 3 aromatic heterocycles. The third kappa shape index (κ3) is 4.14. The molecule has 1 unspecified atom stereocenters. The Bertz CT molecular complexity index is 1350. The van der Waals surface area contributed by atoms with Crippen LogP contribution >= 0.6 is 0 Å². The molecule has 8 nitrogen and oxygen atoms in total. The molecule has 4 heterocycles. The monoisotopic (exact) mass is 444 g/mol. The number of amides is 1. The summed E-state index contributed by atoms with van der Waals surface area (Å²) in [5, 5.41) is 11.5. The Kier molecular flexibility index (Phi) is 5.25. The average Bonchev–Trinajstić information content (AvgIpc) is 3.17. The summed E-state index contributed by atoms with van der Waals surface area (Å²) in [7, 11) is 1.74. The van der Waals surface area contributed by atoms with E-state index in [0.29, 0.717) is 18.5 Å². The summed E-state index contributed by atoms with van der Waals surface area (Å²) in [6.45, 7) is 5.35. The van der Waals surface area contributed by atoms with Gasteiger partial charge in [0.25, 0.3) is 5.91 Å². The van der Waals surface area contributed by atoms with Gasteiger partial charge in [-0.25, -0.2) is 9.97 Å². The second-order valence-electron chi connectivity index (χ2n) is 9.12. The van der Waals surface area contributed by atoms with Crippen LogP contribution in [-0.2, 0) is 0 Å². The number of benzene rings is 1. The maximum absolute atomic E-state index is 13.1. The molecule has 1 fully saturated rings. The van der Waals surface area contributed by atoms with E-state index in [1.54, 1.807) is 24.2 Å². The van der Waals surface area contributed by atoms with E-state index in [4.69, 9.17) is 4.98 Å². The number of hydrogen-bond donors (Lipinski definition) is 2. The first kappa shape index (κ1) is 21.3. The largest absolute Gasteiger partial charge is 0.386 e. The molecule has 0 spiro atoms. The van der Waals surface area contributed by atoms with Gasteiger partial charge in [0.1, 0.15) is 11.3 Å². The summed E-state index contributed by atoms with van der Waals surface area (Å²) >= 11 is 0. The van der Waals surface area contributed by atoms with Gasteiger partial charge < -0.3 is 19.9 Å². The molecule has 2 N–H and O–H groups in total. The van der Waals surface area contributed by atoms with Crippen LogP contribution in [0.5, 0.6) is 0 Å². The minimum atomic E-state index is -1.02. The molecule has 5 rings (SSSR count). The van der Waals surface area contributed by atoms with E-state index in [1.165, 1.54) is 0 Å². The molecule has 1 amide bonds. The zero-order valence-electron chi connectivity index (χ0n) is 19.2. The van der Waals surface area contributed by atoms with Crippen molar-refractivity contribution in [1.82, 2.24) is 24.8 Å². The highest BCUT2D eigenvalue weighted by molar-refractivity contribution is 5.97. The number of rotatable bonds is 4. The predicted molar refractivity (Wildman–Crippen MR) is 128 cm³/mol. The third-order valence-corrected chi connectivity index (χ3v) is 6.32. The molecule has 0 bridgehead atoms. The number of aromatic nitrogens is 4. The van der Waals surface area contributed by atoms with Crippen molar-refractivity contribution in [3.8, 4) is 0 Å². The molecule has 0 aliphatic carbocycles. The van der Waals surface area contributed by atoms with Crippen molar-refractivity contribution in [2.24, 2.45) is 0 Å². The van der Waals surface area contributed by atoms with Gasteiger partial charge in [-0.1, -0.05) is 0 Å². The summed E-state index contributed by atoms with van der Waals surface area (Å²) in [5.74, 6) is 0.689. The number of anilines is 1. The van der Waals surface area contributed by atoms with Crippen molar-refractivity contribution in [2.75, 3.05) is 31.6 Å². The number of aryl methyl sites for hydroxylation is 2. The topological polar surface area (TPSA) is 98.2 Å². The number of hydrogen-bond acceptors (Lipinski definition) is 6. The van der Waals surface area contributed by atoms with E-state index in [1.807, 2.05) is 44.2 Å². The molecule has 1 atom stereocenters. The van der Waals surface area contributed by atoms with Crippen LogP contribution in [0.3, 0.4) is 0 Å². The number of fused-ring (bicyclic) bond motifs is 2. The number of β-amino-alcohol motifs (C(OH)–C–C–N with tert-alkyl or cyclic N) is 1. The summed E-state index contributed by atoms with van der Waals surface area (Å²) in [6.07, 6.45) is 3.24. The normalized spacial score (nSPS) is 18.7. The quantitative estimate of drug-likeness (QED) is 0.502. The Hall–Kier alpha value is -3.52. The number of aromatic amines is 1. The molecule has 33 heavy (non-hydrogen) atoms. The number of piperidine rings is 1. The van der Waals surface area contributed by atoms with Crippen molar-refractivity contribution in [2.45, 2.75) is 32.3 Å². The molecule has 0 radical (unpaired) electrons. The van der Waals surface area contributed by atoms with E-state index in [9.17, 15) is 9.90 Å². The third-order valence-electron chi connectivity index (χ3n) is 6.32. The number of nitrogens with zero attached hydrogens (tertiary/aromatic N) is 5. The minimum absolute atomic E-state index is 0.124. The predicted octanol–water partition coefficient (Wildman–Crippen LogP) is 3.23. The number of likely N-dealkylation sites (N-methyl/N-ethyl adjacent to an activating group) is 1. The fourth-order valence-electron chi connectivity index (χ4n) is 4.82. The van der Waals surface area contributed by atoms with Crippen LogP contribution < -0.4 is 4.90 Å². The number of carbonyl (C=O) groups is 1. The Labute approximate surface area is 192 Å². The molecular weight excluding hydrogens is 416 g/mol. The van der Waals surface area contributed by atoms with Crippen LogP contribution in [0.25, 0.3) is 22.1 Å². The van der Waals surface area contributed by atoms with Crippen LogP contribution in [0.2, 0.25) is 0 Å². The van der Waals surface area contributed by atoms with Crippen LogP contribution in [0.15, 0.2) is 42.6 Å². The van der Waals surface area contributed by atoms with Crippen molar-refractivity contribution >= 4 is 33.7 Å². The van der Waals surface area contributed by atoms with Crippen molar-refractivity contribution in [1.29, 1.82) is 0 Å². The fourth-order valence-corrected chi connectivity index (χ4v) is 4.82. The first-order chi connectivity index (χ1) is 15.8. The Balaban J connectivity index is 1.35. The van der Waals surface area contributed by atoms with Gasteiger partial charge in [0.05, 0.1) is 34.4 Å². The zero-order valence-corrected chi connectivity index (χ0v) is 19.2. The summed E-state index contributed by atoms with van der Waals surface area (Å²) in [4.78, 5) is 33.6. The second kappa shape index (κ2) is 8.12. The standard InChI is InChI=1S/C25H28N6O2/c1-16-5-7-20-23(27-16)22(9-11-26-20)31-12-4-10-25(33,15-31)14-30(3)24(32)18-6-8-19-21(13-18)29-17(2)28-19/h5-9,11,13,33H,4,10,12,14-15H2,1-3H3,(H,28,29). The van der Waals surface area contributed by atoms with Gasteiger partial charge in [0, 0.05) is 37.6 Å². The van der Waals surface area contributed by atoms with E-state index in [-0.39, 0.29) is 12.5 Å². The molecule has 4 aromatic rings. The minimum Gasteiger partial charge on any atom is -0.386 e. The molecule has 1 aliphatic rings. The number of nitrogens with one attached hydrogen (secondary N) is 1. The molecule has 170 valence electrons. The number of imidazole rings is 1. The van der Waals surface area contributed by atoms with Gasteiger partial charge in [0.2, 0.25) is 0 Å². The van der Waals surface area contributed by atoms with E-state index < -0.39 is 5.60 Å². The number of H-pyrrole nitrogens is 1. The first-order valence-electron chi connectivity index (χ1n) is 11.2. The van der Waals surface area contributed by atoms with Gasteiger partial charge in [-0.3, -0.25) is 9.78 Å². The van der Waals surface area contributed by atoms with Gasteiger partial charge in [-0.05, 0) is 63.1 Å². The lowest BCUT2D eigenvalue weighted by Gasteiger charge is -2.42. The van der Waals surface area contributed by atoms with Crippen LogP contribution in [0, 0.1) is 13.8 Å². The number of pyridine rings is 2. The molecule has 1 aromatic carbocycles. The molecule has 1 aliphatic heterocycles. The highest BCUT2D eigenvalue weighted by Gasteiger charge is 2.36. The van der Waals surface area contributed by atoms with Gasteiger partial charge in [0.15, 0.2) is 0 Å². The van der Waals surface area contributed by atoms with E-state index >= 15 is 0 Å². The maximum Gasteiger partial charge on any atom is 0.253 e. The lowest BCUT2D eigenvalue weighted by Crippen LogP contribution is -2.54. The number of aliphatic hydroxyl groups is 1. The highest BCUT2D eigenvalue weighted by atomic mass is 16.3. The van der Waals surface area contributed by atoms with Gasteiger partial charge >= 0.3 is 0 Å². The van der Waals surface area contributed by atoms with Crippen LogP contribution in [0.4, 0.5) is 5.69 Å². The molecular formula is C25H28N6O2. The van der Waals surface area contributed by atoms with E-state index in [2.05, 4.69) is 19.9 Å². The second-order valence-corrected chi connectivity index (χ2v) is 9.12. The van der Waals surface area contributed by atoms with Crippen molar-refractivity contribution < 1.29 is 9.90 Å². The number of carbonyl (C=O) groups excluding carboxylic acids is 1. The molecule has 0 saturated carbocycles. The van der Waals surface area contributed by atoms with Gasteiger partial charge in [-0.2, -0.15) is 0 Å². The average molecular weight is 445 g/mol. The summed E-state index contributed by atoms with van der Waals surface area (Å²) < 4.78 is 0. The lowest BCUT2D eigenvalue weighted by atomic mass is 9.91. The SMILES string of the molecule is Cc1ccc2nccc(N3CCCC(O)(CN(C)C(=O)c4ccc5nc(C)[nH]c5c4)C3)c2n1. The van der Waals surface area contributed by atoms with Gasteiger partial charge in [-0.15, -0.1) is 0 Å². The maximum atomic E-state index is 13.1. The fraction of sp³-hybridized carbons (Fsp3) is 0.360. The lowest BCUT2D eigenvalue weighted by molar-refractivity contribution is 0.0000674. The highest BCUT2D eigenvalue weighted by Crippen LogP contribution is 2.31. The Morgan fingerprint density at radius 1 is 1.18 bits per heavy atom. The van der Waals surface area contributed by atoms with E-state index in [0.717, 1.165) is 52.2 Å². The molecule has 8 heteroatoms. The summed E-state index contributed by atoms with van der Waals surface area (Å²) in [6, 6.07) is 11.3. The Morgan fingerprint density at radius 2 is 2.00 bits per heavy atom. The Morgan fingerprint density at radius 3 is 2.85 bits per heavy atom. The smallest absolute Gasteiger partial charge is 0.253 e. The summed E-state index contributed by atoms with van der Waals surface area (Å²) in [5.41, 5.74) is 4.80. The first-order valence-corrected chi connectivity index (χ1v) is 11.2.